The van der Waals surface area contributed by atoms with E-state index in [-0.39, 0.29) is 12.2 Å². The van der Waals surface area contributed by atoms with E-state index < -0.39 is 5.97 Å². The number of methoxy groups -OCH3 is 1. The Morgan fingerprint density at radius 3 is 2.47 bits per heavy atom. The maximum atomic E-state index is 10.3. The van der Waals surface area contributed by atoms with Crippen molar-refractivity contribution in [3.8, 4) is 0 Å². The molecule has 15 heavy (non-hydrogen) atoms. The molecule has 88 valence electrons. The normalized spacial score (nSPS) is 10.2. The van der Waals surface area contributed by atoms with Crippen molar-refractivity contribution in [2.24, 2.45) is 0 Å². The molecule has 0 bridgehead atoms. The molecule has 0 spiro atoms. The Hall–Kier alpha value is -0.910. The van der Waals surface area contributed by atoms with Gasteiger partial charge in [0.1, 0.15) is 0 Å². The minimum Gasteiger partial charge on any atom is -0.478 e. The highest BCUT2D eigenvalue weighted by molar-refractivity contribution is 5.85. The Labute approximate surface area is 89.6 Å². The molecule has 0 saturated heterocycles. The highest BCUT2D eigenvalue weighted by atomic mass is 16.5. The lowest BCUT2D eigenvalue weighted by Crippen LogP contribution is -2.09. The molecule has 0 aliphatic heterocycles. The van der Waals surface area contributed by atoms with Crippen molar-refractivity contribution in [3.05, 3.63) is 12.2 Å². The predicted octanol–water partition coefficient (Wildman–Crippen LogP) is 0.697. The molecule has 0 atom stereocenters. The smallest absolute Gasteiger partial charge is 0.333 e. The Morgan fingerprint density at radius 1 is 1.20 bits per heavy atom. The van der Waals surface area contributed by atoms with Crippen LogP contribution in [0, 0.1) is 0 Å². The average Bonchev–Trinajstić information content (AvgIpc) is 2.21. The first kappa shape index (κ1) is 14.1. The molecule has 0 radical (unpaired) electrons. The molecule has 0 aromatic heterocycles. The summed E-state index contributed by atoms with van der Waals surface area (Å²) in [6, 6.07) is 0. The van der Waals surface area contributed by atoms with E-state index in [4.69, 9.17) is 19.3 Å². The lowest BCUT2D eigenvalue weighted by molar-refractivity contribution is -0.133. The Balaban J connectivity index is 3.11. The van der Waals surface area contributed by atoms with Gasteiger partial charge < -0.3 is 19.3 Å². The van der Waals surface area contributed by atoms with Crippen molar-refractivity contribution in [2.45, 2.75) is 6.42 Å². The number of carboxylic acid groups (broad SMARTS) is 1. The summed E-state index contributed by atoms with van der Waals surface area (Å²) in [5, 5.41) is 8.46. The van der Waals surface area contributed by atoms with Gasteiger partial charge in [-0.1, -0.05) is 6.58 Å². The van der Waals surface area contributed by atoms with Crippen LogP contribution in [0.15, 0.2) is 12.2 Å². The second-order valence-corrected chi connectivity index (χ2v) is 2.92. The Morgan fingerprint density at radius 2 is 1.87 bits per heavy atom. The van der Waals surface area contributed by atoms with Crippen LogP contribution < -0.4 is 0 Å². The molecule has 5 heteroatoms. The second kappa shape index (κ2) is 9.64. The van der Waals surface area contributed by atoms with Crippen molar-refractivity contribution in [2.75, 3.05) is 40.1 Å². The highest BCUT2D eigenvalue weighted by Gasteiger charge is 2.02. The number of hydrogen-bond donors (Lipinski definition) is 1. The minimum absolute atomic E-state index is 0.0629. The maximum absolute atomic E-state index is 10.3. The average molecular weight is 218 g/mol. The largest absolute Gasteiger partial charge is 0.478 e. The zero-order valence-corrected chi connectivity index (χ0v) is 9.03. The molecular weight excluding hydrogens is 200 g/mol. The van der Waals surface area contributed by atoms with E-state index in [0.717, 1.165) is 6.42 Å². The summed E-state index contributed by atoms with van der Waals surface area (Å²) in [5.41, 5.74) is 0.0651. The zero-order chi connectivity index (χ0) is 11.5. The van der Waals surface area contributed by atoms with Gasteiger partial charge in [-0.25, -0.2) is 4.79 Å². The standard InChI is InChI=1S/C10H18O5/c1-9(10(11)12)8-15-5-3-4-14-7-6-13-2/h1,3-8H2,2H3,(H,11,12). The zero-order valence-electron chi connectivity index (χ0n) is 9.03. The summed E-state index contributed by atoms with van der Waals surface area (Å²) in [5.74, 6) is -1.02. The summed E-state index contributed by atoms with van der Waals surface area (Å²) in [4.78, 5) is 10.3. The van der Waals surface area contributed by atoms with Crippen LogP contribution in [-0.2, 0) is 19.0 Å². The predicted molar refractivity (Wildman–Crippen MR) is 54.9 cm³/mol. The molecule has 0 saturated carbocycles. The van der Waals surface area contributed by atoms with Crippen LogP contribution in [0.5, 0.6) is 0 Å². The van der Waals surface area contributed by atoms with Crippen molar-refractivity contribution in [3.63, 3.8) is 0 Å². The van der Waals surface area contributed by atoms with Gasteiger partial charge in [-0.2, -0.15) is 0 Å². The van der Waals surface area contributed by atoms with Crippen LogP contribution in [0.3, 0.4) is 0 Å². The first-order chi connectivity index (χ1) is 7.18. The van der Waals surface area contributed by atoms with E-state index >= 15 is 0 Å². The van der Waals surface area contributed by atoms with E-state index in [1.807, 2.05) is 0 Å². The van der Waals surface area contributed by atoms with Gasteiger partial charge in [0.2, 0.25) is 0 Å². The summed E-state index contributed by atoms with van der Waals surface area (Å²) in [7, 11) is 1.62. The fraction of sp³-hybridized carbons (Fsp3) is 0.700. The van der Waals surface area contributed by atoms with Gasteiger partial charge in [0.05, 0.1) is 25.4 Å². The molecule has 0 unspecified atom stereocenters. The van der Waals surface area contributed by atoms with Gasteiger partial charge in [0.25, 0.3) is 0 Å². The second-order valence-electron chi connectivity index (χ2n) is 2.92. The van der Waals surface area contributed by atoms with Gasteiger partial charge in [-0.3, -0.25) is 0 Å². The number of hydrogen-bond acceptors (Lipinski definition) is 4. The topological polar surface area (TPSA) is 65.0 Å². The summed E-state index contributed by atoms with van der Waals surface area (Å²) in [6.07, 6.45) is 0.733. The number of ether oxygens (including phenoxy) is 3. The van der Waals surface area contributed by atoms with Crippen molar-refractivity contribution < 1.29 is 24.1 Å². The van der Waals surface area contributed by atoms with Gasteiger partial charge in [-0.15, -0.1) is 0 Å². The SMILES string of the molecule is C=C(COCCCOCCOC)C(=O)O. The first-order valence-corrected chi connectivity index (χ1v) is 4.74. The molecule has 0 aromatic rings. The number of carbonyl (C=O) groups is 1. The van der Waals surface area contributed by atoms with Gasteiger partial charge >= 0.3 is 5.97 Å². The van der Waals surface area contributed by atoms with E-state index in [0.29, 0.717) is 26.4 Å². The lowest BCUT2D eigenvalue weighted by Gasteiger charge is -2.05. The van der Waals surface area contributed by atoms with Crippen LogP contribution in [0.2, 0.25) is 0 Å². The monoisotopic (exact) mass is 218 g/mol. The minimum atomic E-state index is -1.02. The highest BCUT2D eigenvalue weighted by Crippen LogP contribution is 1.93. The molecule has 0 aromatic carbocycles. The summed E-state index contributed by atoms with van der Waals surface area (Å²) in [6.45, 7) is 5.61. The van der Waals surface area contributed by atoms with E-state index in [1.165, 1.54) is 0 Å². The van der Waals surface area contributed by atoms with Crippen molar-refractivity contribution in [1.29, 1.82) is 0 Å². The molecule has 0 aliphatic rings. The fourth-order valence-corrected chi connectivity index (χ4v) is 0.764. The molecule has 0 rings (SSSR count). The third-order valence-corrected chi connectivity index (χ3v) is 1.59. The molecule has 0 amide bonds. The number of aliphatic carboxylic acids is 1. The van der Waals surface area contributed by atoms with Crippen molar-refractivity contribution >= 4 is 5.97 Å². The molecule has 0 fully saturated rings. The van der Waals surface area contributed by atoms with Crippen LogP contribution >= 0.6 is 0 Å². The van der Waals surface area contributed by atoms with E-state index in [2.05, 4.69) is 6.58 Å². The van der Waals surface area contributed by atoms with Crippen LogP contribution in [-0.4, -0.2) is 51.2 Å². The summed E-state index contributed by atoms with van der Waals surface area (Å²) < 4.78 is 15.1. The third-order valence-electron chi connectivity index (χ3n) is 1.59. The molecule has 1 N–H and O–H groups in total. The quantitative estimate of drug-likeness (QED) is 0.432. The number of carboxylic acids is 1. The van der Waals surface area contributed by atoms with Crippen LogP contribution in [0.4, 0.5) is 0 Å². The summed E-state index contributed by atoms with van der Waals surface area (Å²) >= 11 is 0. The maximum Gasteiger partial charge on any atom is 0.333 e. The third kappa shape index (κ3) is 9.40. The van der Waals surface area contributed by atoms with Gasteiger partial charge in [0.15, 0.2) is 0 Å². The van der Waals surface area contributed by atoms with Crippen LogP contribution in [0.25, 0.3) is 0 Å². The Bertz CT molecular complexity index is 190. The van der Waals surface area contributed by atoms with E-state index in [1.54, 1.807) is 7.11 Å². The molecule has 0 aliphatic carbocycles. The lowest BCUT2D eigenvalue weighted by atomic mass is 10.3. The Kier molecular flexibility index (Phi) is 9.05. The fourth-order valence-electron chi connectivity index (χ4n) is 0.764. The van der Waals surface area contributed by atoms with E-state index in [9.17, 15) is 4.79 Å². The molecular formula is C10H18O5. The van der Waals surface area contributed by atoms with Gasteiger partial charge in [0, 0.05) is 20.3 Å². The van der Waals surface area contributed by atoms with Crippen LogP contribution in [0.1, 0.15) is 6.42 Å². The first-order valence-electron chi connectivity index (χ1n) is 4.74. The van der Waals surface area contributed by atoms with Gasteiger partial charge in [-0.05, 0) is 6.42 Å². The number of rotatable bonds is 10. The molecule has 0 heterocycles. The van der Waals surface area contributed by atoms with Crippen molar-refractivity contribution in [1.82, 2.24) is 0 Å². The molecule has 5 nitrogen and oxygen atoms in total.